The first-order chi connectivity index (χ1) is 14.2. The fourth-order valence-electron chi connectivity index (χ4n) is 3.27. The lowest BCUT2D eigenvalue weighted by atomic mass is 10.1. The molecule has 0 aliphatic rings. The number of hydrogen-bond donors (Lipinski definition) is 3. The van der Waals surface area contributed by atoms with Crippen molar-refractivity contribution in [1.29, 1.82) is 0 Å². The minimum atomic E-state index is 0. The van der Waals surface area contributed by atoms with E-state index in [9.17, 15) is 0 Å². The number of oxazole rings is 1. The van der Waals surface area contributed by atoms with E-state index in [1.165, 1.54) is 22.0 Å². The van der Waals surface area contributed by atoms with Gasteiger partial charge in [0, 0.05) is 36.3 Å². The van der Waals surface area contributed by atoms with Crippen LogP contribution in [0.5, 0.6) is 0 Å². The van der Waals surface area contributed by atoms with Crippen LogP contribution in [0.3, 0.4) is 0 Å². The van der Waals surface area contributed by atoms with Gasteiger partial charge in [0.25, 0.3) is 0 Å². The molecule has 0 fully saturated rings. The average Bonchev–Trinajstić information content (AvgIpc) is 3.38. The summed E-state index contributed by atoms with van der Waals surface area (Å²) in [5, 5.41) is 7.91. The van der Waals surface area contributed by atoms with Crippen molar-refractivity contribution < 1.29 is 4.42 Å². The monoisotopic (exact) mass is 515 g/mol. The summed E-state index contributed by atoms with van der Waals surface area (Å²) in [6.45, 7) is 3.39. The molecule has 4 rings (SSSR count). The predicted molar refractivity (Wildman–Crippen MR) is 132 cm³/mol. The predicted octanol–water partition coefficient (Wildman–Crippen LogP) is 4.66. The highest BCUT2D eigenvalue weighted by Gasteiger charge is 2.08. The van der Waals surface area contributed by atoms with Gasteiger partial charge in [-0.15, -0.1) is 24.0 Å². The van der Waals surface area contributed by atoms with E-state index in [-0.39, 0.29) is 24.0 Å². The Labute approximate surface area is 193 Å². The summed E-state index contributed by atoms with van der Waals surface area (Å²) in [6.07, 6.45) is 4.66. The summed E-state index contributed by atoms with van der Waals surface area (Å²) >= 11 is 0. The molecule has 2 heterocycles. The van der Waals surface area contributed by atoms with Crippen LogP contribution in [-0.4, -0.2) is 29.5 Å². The molecule has 0 saturated heterocycles. The van der Waals surface area contributed by atoms with Crippen molar-refractivity contribution in [2.45, 2.75) is 19.9 Å². The average molecular weight is 515 g/mol. The molecular weight excluding hydrogens is 489 g/mol. The number of aromatic nitrogens is 2. The van der Waals surface area contributed by atoms with E-state index in [1.807, 2.05) is 18.2 Å². The van der Waals surface area contributed by atoms with E-state index in [1.54, 1.807) is 13.3 Å². The zero-order valence-corrected chi connectivity index (χ0v) is 19.4. The zero-order valence-electron chi connectivity index (χ0n) is 17.1. The van der Waals surface area contributed by atoms with Crippen molar-refractivity contribution in [3.63, 3.8) is 0 Å². The highest BCUT2D eigenvalue weighted by Crippen LogP contribution is 2.19. The van der Waals surface area contributed by atoms with Gasteiger partial charge in [0.1, 0.15) is 6.26 Å². The highest BCUT2D eigenvalue weighted by atomic mass is 127. The second kappa shape index (κ2) is 10.3. The van der Waals surface area contributed by atoms with Crippen LogP contribution in [0.2, 0.25) is 0 Å². The van der Waals surface area contributed by atoms with E-state index in [4.69, 9.17) is 4.42 Å². The number of nitrogens with one attached hydrogen (secondary N) is 3. The lowest BCUT2D eigenvalue weighted by Crippen LogP contribution is -2.37. The van der Waals surface area contributed by atoms with Gasteiger partial charge in [0.2, 0.25) is 5.89 Å². The van der Waals surface area contributed by atoms with Crippen LogP contribution in [0.1, 0.15) is 16.8 Å². The van der Waals surface area contributed by atoms with Crippen molar-refractivity contribution >= 4 is 40.8 Å². The number of H-pyrrole nitrogens is 1. The molecule has 0 aliphatic heterocycles. The molecule has 6 nitrogen and oxygen atoms in total. The maximum absolute atomic E-state index is 5.61. The SMILES string of the molecule is CN=C(NCCc1c[nH]c2ccccc12)NCc1coc(-c2ccc(C)cc2)n1.I. The van der Waals surface area contributed by atoms with Gasteiger partial charge in [0.15, 0.2) is 5.96 Å². The molecule has 0 atom stereocenters. The van der Waals surface area contributed by atoms with Gasteiger partial charge in [-0.05, 0) is 37.1 Å². The van der Waals surface area contributed by atoms with Crippen LogP contribution in [0.25, 0.3) is 22.4 Å². The molecule has 30 heavy (non-hydrogen) atoms. The van der Waals surface area contributed by atoms with Crippen molar-refractivity contribution in [1.82, 2.24) is 20.6 Å². The van der Waals surface area contributed by atoms with Gasteiger partial charge >= 0.3 is 0 Å². The fraction of sp³-hybridized carbons (Fsp3) is 0.217. The van der Waals surface area contributed by atoms with Crippen molar-refractivity contribution in [2.24, 2.45) is 4.99 Å². The third-order valence-electron chi connectivity index (χ3n) is 4.87. The topological polar surface area (TPSA) is 78.2 Å². The molecule has 4 aromatic rings. The molecule has 7 heteroatoms. The van der Waals surface area contributed by atoms with Crippen LogP contribution >= 0.6 is 24.0 Å². The lowest BCUT2D eigenvalue weighted by molar-refractivity contribution is 0.572. The molecule has 3 N–H and O–H groups in total. The van der Waals surface area contributed by atoms with Crippen LogP contribution in [-0.2, 0) is 13.0 Å². The summed E-state index contributed by atoms with van der Waals surface area (Å²) in [5.41, 5.74) is 5.48. The van der Waals surface area contributed by atoms with E-state index in [0.717, 1.165) is 30.2 Å². The van der Waals surface area contributed by atoms with Crippen molar-refractivity contribution in [3.05, 3.63) is 77.8 Å². The first-order valence-corrected chi connectivity index (χ1v) is 9.74. The van der Waals surface area contributed by atoms with Crippen molar-refractivity contribution in [3.8, 4) is 11.5 Å². The summed E-state index contributed by atoms with van der Waals surface area (Å²) < 4.78 is 5.61. The van der Waals surface area contributed by atoms with E-state index in [0.29, 0.717) is 12.4 Å². The Morgan fingerprint density at radius 2 is 1.90 bits per heavy atom. The Balaban J connectivity index is 0.00000256. The fourth-order valence-corrected chi connectivity index (χ4v) is 3.27. The number of benzene rings is 2. The number of para-hydroxylation sites is 1. The quantitative estimate of drug-likeness (QED) is 0.198. The summed E-state index contributed by atoms with van der Waals surface area (Å²) in [4.78, 5) is 12.2. The number of hydrogen-bond acceptors (Lipinski definition) is 3. The lowest BCUT2D eigenvalue weighted by Gasteiger charge is -2.10. The molecule has 0 saturated carbocycles. The first kappa shape index (κ1) is 21.9. The third kappa shape index (κ3) is 5.21. The van der Waals surface area contributed by atoms with Gasteiger partial charge in [-0.3, -0.25) is 4.99 Å². The summed E-state index contributed by atoms with van der Waals surface area (Å²) in [6, 6.07) is 16.5. The maximum Gasteiger partial charge on any atom is 0.226 e. The largest absolute Gasteiger partial charge is 0.444 e. The minimum Gasteiger partial charge on any atom is -0.444 e. The smallest absolute Gasteiger partial charge is 0.226 e. The van der Waals surface area contributed by atoms with Gasteiger partial charge in [0.05, 0.1) is 12.2 Å². The van der Waals surface area contributed by atoms with Gasteiger partial charge in [-0.25, -0.2) is 4.98 Å². The number of guanidine groups is 1. The Hall–Kier alpha value is -2.81. The second-order valence-electron chi connectivity index (χ2n) is 6.97. The van der Waals surface area contributed by atoms with E-state index in [2.05, 4.69) is 69.0 Å². The van der Waals surface area contributed by atoms with Crippen LogP contribution in [0, 0.1) is 6.92 Å². The Morgan fingerprint density at radius 1 is 1.10 bits per heavy atom. The number of aryl methyl sites for hydroxylation is 1. The normalized spacial score (nSPS) is 11.3. The molecule has 156 valence electrons. The number of aromatic amines is 1. The molecular formula is C23H26IN5O. The Morgan fingerprint density at radius 3 is 2.70 bits per heavy atom. The molecule has 0 unspecified atom stereocenters. The molecule has 0 radical (unpaired) electrons. The minimum absolute atomic E-state index is 0. The van der Waals surface area contributed by atoms with Gasteiger partial charge < -0.3 is 20.0 Å². The number of halogens is 1. The molecule has 0 amide bonds. The molecule has 2 aromatic heterocycles. The second-order valence-corrected chi connectivity index (χ2v) is 6.97. The number of aliphatic imine (C=N–C) groups is 1. The highest BCUT2D eigenvalue weighted by molar-refractivity contribution is 14.0. The maximum atomic E-state index is 5.61. The van der Waals surface area contributed by atoms with Crippen molar-refractivity contribution in [2.75, 3.05) is 13.6 Å². The molecule has 2 aromatic carbocycles. The van der Waals surface area contributed by atoms with E-state index >= 15 is 0 Å². The molecule has 0 aliphatic carbocycles. The molecule has 0 spiro atoms. The number of nitrogens with zero attached hydrogens (tertiary/aromatic N) is 2. The van der Waals surface area contributed by atoms with Gasteiger partial charge in [-0.1, -0.05) is 35.9 Å². The molecule has 0 bridgehead atoms. The third-order valence-corrected chi connectivity index (χ3v) is 4.87. The first-order valence-electron chi connectivity index (χ1n) is 9.74. The number of rotatable bonds is 6. The van der Waals surface area contributed by atoms with E-state index < -0.39 is 0 Å². The zero-order chi connectivity index (χ0) is 20.1. The standard InChI is InChI=1S/C23H25N5O.HI/c1-16-7-9-17(10-8-16)22-28-19(15-29-22)14-27-23(24-2)25-12-11-18-13-26-21-6-4-3-5-20(18)21;/h3-10,13,15,26H,11-12,14H2,1-2H3,(H2,24,25,27);1H. The summed E-state index contributed by atoms with van der Waals surface area (Å²) in [5.74, 6) is 1.37. The van der Waals surface area contributed by atoms with Crippen LogP contribution in [0.4, 0.5) is 0 Å². The van der Waals surface area contributed by atoms with Gasteiger partial charge in [-0.2, -0.15) is 0 Å². The summed E-state index contributed by atoms with van der Waals surface area (Å²) in [7, 11) is 1.77. The number of fused-ring (bicyclic) bond motifs is 1. The van der Waals surface area contributed by atoms with Crippen LogP contribution in [0.15, 0.2) is 70.4 Å². The van der Waals surface area contributed by atoms with Crippen LogP contribution < -0.4 is 10.6 Å². The Kier molecular flexibility index (Phi) is 7.51. The Bertz CT molecular complexity index is 1110.